The molecule has 0 aliphatic rings. The summed E-state index contributed by atoms with van der Waals surface area (Å²) < 4.78 is 28.3. The molecule has 0 aliphatic heterocycles. The Labute approximate surface area is 134 Å². The van der Waals surface area contributed by atoms with Gasteiger partial charge >= 0.3 is 0 Å². The molecule has 5 nitrogen and oxygen atoms in total. The lowest BCUT2D eigenvalue weighted by Crippen LogP contribution is -2.32. The van der Waals surface area contributed by atoms with E-state index in [-0.39, 0.29) is 27.1 Å². The van der Waals surface area contributed by atoms with Crippen LogP contribution in [0.2, 0.25) is 5.02 Å². The molecule has 8 heteroatoms. The molecule has 0 aliphatic carbocycles. The van der Waals surface area contributed by atoms with Gasteiger partial charge in [-0.1, -0.05) is 18.5 Å². The molecule has 1 rings (SSSR count). The van der Waals surface area contributed by atoms with Crippen molar-refractivity contribution >= 4 is 37.2 Å². The summed E-state index contributed by atoms with van der Waals surface area (Å²) in [4.78, 5) is 13.8. The summed E-state index contributed by atoms with van der Waals surface area (Å²) in [5, 5.41) is 0.103. The van der Waals surface area contributed by atoms with Crippen LogP contribution in [-0.4, -0.2) is 39.4 Å². The summed E-state index contributed by atoms with van der Waals surface area (Å²) >= 11 is 5.90. The van der Waals surface area contributed by atoms with E-state index in [1.165, 1.54) is 13.2 Å². The monoisotopic (exact) mass is 353 g/mol. The summed E-state index contributed by atoms with van der Waals surface area (Å²) in [7, 11) is 2.58. The Hall–Kier alpha value is -0.980. The maximum atomic E-state index is 12.5. The summed E-state index contributed by atoms with van der Waals surface area (Å²) in [5.74, 6) is -0.436. The molecule has 21 heavy (non-hydrogen) atoms. The van der Waals surface area contributed by atoms with Gasteiger partial charge in [0.15, 0.2) is 5.75 Å². The highest BCUT2D eigenvalue weighted by Gasteiger charge is 2.26. The number of methoxy groups -OCH3 is 1. The number of rotatable bonds is 6. The molecule has 118 valence electrons. The Morgan fingerprint density at radius 3 is 2.38 bits per heavy atom. The Bertz CT molecular complexity index is 631. The zero-order valence-corrected chi connectivity index (χ0v) is 14.3. The Morgan fingerprint density at radius 2 is 1.95 bits per heavy atom. The average Bonchev–Trinajstić information content (AvgIpc) is 2.42. The number of ether oxygens (including phenoxy) is 1. The molecule has 1 aromatic carbocycles. The van der Waals surface area contributed by atoms with E-state index in [0.717, 1.165) is 12.5 Å². The van der Waals surface area contributed by atoms with Crippen molar-refractivity contribution in [2.45, 2.75) is 25.2 Å². The average molecular weight is 354 g/mol. The van der Waals surface area contributed by atoms with Gasteiger partial charge in [0.1, 0.15) is 4.90 Å². The molecule has 0 bridgehead atoms. The Balaban J connectivity index is 3.49. The third kappa shape index (κ3) is 4.25. The number of carbonyl (C=O) groups excluding carboxylic acids is 1. The van der Waals surface area contributed by atoms with Crippen molar-refractivity contribution in [1.29, 1.82) is 0 Å². The minimum Gasteiger partial charge on any atom is -0.494 e. The fourth-order valence-corrected chi connectivity index (χ4v) is 3.27. The third-order valence-corrected chi connectivity index (χ3v) is 4.42. The summed E-state index contributed by atoms with van der Waals surface area (Å²) in [5.41, 5.74) is 0.0829. The molecule has 0 saturated heterocycles. The second kappa shape index (κ2) is 7.33. The van der Waals surface area contributed by atoms with E-state index in [4.69, 9.17) is 27.0 Å². The number of hydrogen-bond donors (Lipinski definition) is 0. The minimum atomic E-state index is -4.08. The zero-order chi connectivity index (χ0) is 16.2. The summed E-state index contributed by atoms with van der Waals surface area (Å²) in [6, 6.07) is 2.54. The molecule has 1 aromatic rings. The first-order valence-electron chi connectivity index (χ1n) is 6.37. The molecule has 0 fully saturated rings. The van der Waals surface area contributed by atoms with E-state index in [1.54, 1.807) is 4.90 Å². The number of nitrogens with zero attached hydrogens (tertiary/aromatic N) is 1. The van der Waals surface area contributed by atoms with Crippen LogP contribution < -0.4 is 4.74 Å². The van der Waals surface area contributed by atoms with Gasteiger partial charge in [0, 0.05) is 28.8 Å². The van der Waals surface area contributed by atoms with Crippen LogP contribution in [0.4, 0.5) is 0 Å². The highest BCUT2D eigenvalue weighted by Crippen LogP contribution is 2.34. The van der Waals surface area contributed by atoms with E-state index >= 15 is 0 Å². The zero-order valence-electron chi connectivity index (χ0n) is 12.0. The van der Waals surface area contributed by atoms with Crippen LogP contribution in [0.5, 0.6) is 5.75 Å². The lowest BCUT2D eigenvalue weighted by atomic mass is 10.1. The molecule has 0 aromatic heterocycles. The molecule has 0 atom stereocenters. The Kier molecular flexibility index (Phi) is 6.31. The van der Waals surface area contributed by atoms with Crippen LogP contribution in [0.3, 0.4) is 0 Å². The van der Waals surface area contributed by atoms with Crippen molar-refractivity contribution in [1.82, 2.24) is 4.90 Å². The van der Waals surface area contributed by atoms with Gasteiger partial charge in [-0.25, -0.2) is 8.42 Å². The molecule has 0 heterocycles. The molecule has 0 unspecified atom stereocenters. The predicted molar refractivity (Wildman–Crippen MR) is 82.9 cm³/mol. The third-order valence-electron chi connectivity index (χ3n) is 2.88. The maximum Gasteiger partial charge on any atom is 0.265 e. The smallest absolute Gasteiger partial charge is 0.265 e. The number of hydrogen-bond acceptors (Lipinski definition) is 4. The second-order valence-electron chi connectivity index (χ2n) is 4.31. The fraction of sp³-hybridized carbons (Fsp3) is 0.462. The van der Waals surface area contributed by atoms with Crippen LogP contribution >= 0.6 is 22.3 Å². The first-order valence-corrected chi connectivity index (χ1v) is 9.06. The van der Waals surface area contributed by atoms with Crippen LogP contribution in [0.15, 0.2) is 17.0 Å². The molecular weight excluding hydrogens is 337 g/mol. The topological polar surface area (TPSA) is 63.7 Å². The summed E-state index contributed by atoms with van der Waals surface area (Å²) in [6.07, 6.45) is 0.781. The van der Waals surface area contributed by atoms with Gasteiger partial charge in [-0.05, 0) is 25.5 Å². The molecule has 1 amide bonds. The van der Waals surface area contributed by atoms with Gasteiger partial charge < -0.3 is 9.64 Å². The molecule has 0 spiro atoms. The van der Waals surface area contributed by atoms with E-state index in [9.17, 15) is 13.2 Å². The van der Waals surface area contributed by atoms with Gasteiger partial charge in [-0.3, -0.25) is 4.79 Å². The SMILES string of the molecule is CCCN(CC)C(=O)c1cc(Cl)cc(S(=O)(=O)Cl)c1OC. The van der Waals surface area contributed by atoms with Crippen molar-refractivity contribution in [3.8, 4) is 5.75 Å². The standard InChI is InChI=1S/C13H17Cl2NO4S/c1-4-6-16(5-2)13(17)10-7-9(14)8-11(12(10)20-3)21(15,18)19/h7-8H,4-6H2,1-3H3. The van der Waals surface area contributed by atoms with Crippen molar-refractivity contribution < 1.29 is 17.9 Å². The van der Waals surface area contributed by atoms with Crippen molar-refractivity contribution in [3.05, 3.63) is 22.7 Å². The van der Waals surface area contributed by atoms with Gasteiger partial charge in [-0.15, -0.1) is 0 Å². The van der Waals surface area contributed by atoms with Crippen molar-refractivity contribution in [3.63, 3.8) is 0 Å². The number of amides is 1. The molecular formula is C13H17Cl2NO4S. The Morgan fingerprint density at radius 1 is 1.33 bits per heavy atom. The lowest BCUT2D eigenvalue weighted by molar-refractivity contribution is 0.0760. The molecule has 0 radical (unpaired) electrons. The first kappa shape index (κ1) is 18.1. The second-order valence-corrected chi connectivity index (χ2v) is 7.28. The quantitative estimate of drug-likeness (QED) is 0.737. The van der Waals surface area contributed by atoms with Crippen LogP contribution in [0.25, 0.3) is 0 Å². The minimum absolute atomic E-state index is 0.0829. The number of halogens is 2. The first-order chi connectivity index (χ1) is 9.76. The van der Waals surface area contributed by atoms with Gasteiger partial charge in [0.2, 0.25) is 0 Å². The maximum absolute atomic E-state index is 12.5. The highest BCUT2D eigenvalue weighted by molar-refractivity contribution is 8.13. The van der Waals surface area contributed by atoms with Gasteiger partial charge in [0.05, 0.1) is 12.7 Å². The normalized spacial score (nSPS) is 11.3. The van der Waals surface area contributed by atoms with Crippen molar-refractivity contribution in [2.75, 3.05) is 20.2 Å². The van der Waals surface area contributed by atoms with Gasteiger partial charge in [-0.2, -0.15) is 0 Å². The van der Waals surface area contributed by atoms with E-state index in [1.807, 2.05) is 13.8 Å². The van der Waals surface area contributed by atoms with E-state index in [2.05, 4.69) is 0 Å². The summed E-state index contributed by atoms with van der Waals surface area (Å²) in [6.45, 7) is 4.82. The lowest BCUT2D eigenvalue weighted by Gasteiger charge is -2.22. The van der Waals surface area contributed by atoms with Crippen molar-refractivity contribution in [2.24, 2.45) is 0 Å². The van der Waals surface area contributed by atoms with Crippen LogP contribution in [0, 0.1) is 0 Å². The molecule has 0 saturated carbocycles. The number of benzene rings is 1. The number of carbonyl (C=O) groups is 1. The van der Waals surface area contributed by atoms with Crippen LogP contribution in [0.1, 0.15) is 30.6 Å². The predicted octanol–water partition coefficient (Wildman–Crippen LogP) is 3.15. The largest absolute Gasteiger partial charge is 0.494 e. The van der Waals surface area contributed by atoms with Gasteiger partial charge in [0.25, 0.3) is 15.0 Å². The van der Waals surface area contributed by atoms with Crippen LogP contribution in [-0.2, 0) is 9.05 Å². The van der Waals surface area contributed by atoms with E-state index < -0.39 is 9.05 Å². The highest BCUT2D eigenvalue weighted by atomic mass is 35.7. The molecule has 0 N–H and O–H groups in total. The van der Waals surface area contributed by atoms with E-state index in [0.29, 0.717) is 13.1 Å². The fourth-order valence-electron chi connectivity index (χ4n) is 1.96.